The number of aliphatic hydroxyl groups excluding tert-OH is 2. The summed E-state index contributed by atoms with van der Waals surface area (Å²) in [5.74, 6) is -0.0609. The van der Waals surface area contributed by atoms with E-state index < -0.39 is 6.10 Å². The van der Waals surface area contributed by atoms with Gasteiger partial charge in [-0.15, -0.1) is 0 Å². The Balaban J connectivity index is 2.31. The summed E-state index contributed by atoms with van der Waals surface area (Å²) in [6.45, 7) is 5.83. The fourth-order valence-corrected chi connectivity index (χ4v) is 1.10. The molecule has 66 valence electrons. The molecule has 0 spiro atoms. The number of hydrogen-bond acceptors (Lipinski definition) is 3. The molecule has 0 bridgehead atoms. The van der Waals surface area contributed by atoms with Crippen molar-refractivity contribution in [1.82, 2.24) is 0 Å². The minimum absolute atomic E-state index is 0.0158. The third-order valence-corrected chi connectivity index (χ3v) is 1.76. The lowest BCUT2D eigenvalue weighted by atomic mass is 10.2. The fourth-order valence-electron chi connectivity index (χ4n) is 1.10. The maximum absolute atomic E-state index is 9.16. The SMILES string of the molecule is CC(C)(C)OC1C(O)C1CO. The standard InChI is InChI=1S/C8H16O3/c1-8(2,3)11-7-5(4-9)6(7)10/h5-7,9-10H,4H2,1-3H3. The Hall–Kier alpha value is -0.120. The molecule has 1 fully saturated rings. The van der Waals surface area contributed by atoms with E-state index in [4.69, 9.17) is 14.9 Å². The molecule has 0 aromatic heterocycles. The second kappa shape index (κ2) is 2.73. The van der Waals surface area contributed by atoms with Crippen molar-refractivity contribution in [1.29, 1.82) is 0 Å². The van der Waals surface area contributed by atoms with Crippen LogP contribution in [0.5, 0.6) is 0 Å². The topological polar surface area (TPSA) is 49.7 Å². The molecule has 3 nitrogen and oxygen atoms in total. The first-order chi connectivity index (χ1) is 4.95. The molecular weight excluding hydrogens is 144 g/mol. The van der Waals surface area contributed by atoms with E-state index in [0.717, 1.165) is 0 Å². The average molecular weight is 160 g/mol. The minimum Gasteiger partial charge on any atom is -0.396 e. The molecule has 0 radical (unpaired) electrons. The molecule has 1 aliphatic carbocycles. The van der Waals surface area contributed by atoms with Crippen LogP contribution in [0.25, 0.3) is 0 Å². The van der Waals surface area contributed by atoms with Gasteiger partial charge in [-0.2, -0.15) is 0 Å². The Labute approximate surface area is 67.0 Å². The highest BCUT2D eigenvalue weighted by atomic mass is 16.5. The fraction of sp³-hybridized carbons (Fsp3) is 1.00. The molecule has 3 atom stereocenters. The van der Waals surface area contributed by atoms with E-state index in [2.05, 4.69) is 0 Å². The van der Waals surface area contributed by atoms with Crippen molar-refractivity contribution < 1.29 is 14.9 Å². The van der Waals surface area contributed by atoms with Gasteiger partial charge >= 0.3 is 0 Å². The van der Waals surface area contributed by atoms with Gasteiger partial charge in [0.05, 0.1) is 24.4 Å². The zero-order chi connectivity index (χ0) is 8.65. The van der Waals surface area contributed by atoms with Crippen molar-refractivity contribution in [3.8, 4) is 0 Å². The zero-order valence-corrected chi connectivity index (χ0v) is 7.24. The van der Waals surface area contributed by atoms with Crippen LogP contribution in [0.3, 0.4) is 0 Å². The van der Waals surface area contributed by atoms with Crippen LogP contribution >= 0.6 is 0 Å². The van der Waals surface area contributed by atoms with Gasteiger partial charge in [-0.25, -0.2) is 0 Å². The summed E-state index contributed by atoms with van der Waals surface area (Å²) in [5, 5.41) is 17.9. The Bertz CT molecular complexity index is 139. The monoisotopic (exact) mass is 160 g/mol. The molecule has 3 unspecified atom stereocenters. The van der Waals surface area contributed by atoms with Crippen molar-refractivity contribution in [3.63, 3.8) is 0 Å². The van der Waals surface area contributed by atoms with Gasteiger partial charge in [0.2, 0.25) is 0 Å². The maximum Gasteiger partial charge on any atom is 0.0921 e. The van der Waals surface area contributed by atoms with E-state index in [1.54, 1.807) is 0 Å². The molecule has 2 N–H and O–H groups in total. The van der Waals surface area contributed by atoms with Crippen LogP contribution in [0.1, 0.15) is 20.8 Å². The highest BCUT2D eigenvalue weighted by Crippen LogP contribution is 2.36. The minimum atomic E-state index is -0.459. The number of aliphatic hydroxyl groups is 2. The van der Waals surface area contributed by atoms with Gasteiger partial charge in [0.15, 0.2) is 0 Å². The summed E-state index contributed by atoms with van der Waals surface area (Å²) >= 11 is 0. The lowest BCUT2D eigenvalue weighted by molar-refractivity contribution is -0.0363. The zero-order valence-electron chi connectivity index (χ0n) is 7.24. The molecule has 3 heteroatoms. The van der Waals surface area contributed by atoms with Crippen LogP contribution in [0.15, 0.2) is 0 Å². The van der Waals surface area contributed by atoms with E-state index in [1.807, 2.05) is 20.8 Å². The third-order valence-electron chi connectivity index (χ3n) is 1.76. The summed E-state index contributed by atoms with van der Waals surface area (Å²) in [7, 11) is 0. The molecular formula is C8H16O3. The average Bonchev–Trinajstić information content (AvgIpc) is 2.38. The van der Waals surface area contributed by atoms with Crippen LogP contribution in [0.2, 0.25) is 0 Å². The van der Waals surface area contributed by atoms with E-state index in [1.165, 1.54) is 0 Å². The number of hydrogen-bond donors (Lipinski definition) is 2. The summed E-state index contributed by atoms with van der Waals surface area (Å²) in [6.07, 6.45) is -0.612. The Morgan fingerprint density at radius 2 is 1.91 bits per heavy atom. The lowest BCUT2D eigenvalue weighted by Gasteiger charge is -2.19. The van der Waals surface area contributed by atoms with Gasteiger partial charge in [0.1, 0.15) is 0 Å². The van der Waals surface area contributed by atoms with Crippen LogP contribution in [0.4, 0.5) is 0 Å². The number of rotatable bonds is 2. The van der Waals surface area contributed by atoms with Crippen LogP contribution in [-0.2, 0) is 4.74 Å². The molecule has 0 aromatic carbocycles. The Kier molecular flexibility index (Phi) is 2.23. The Morgan fingerprint density at radius 3 is 2.18 bits per heavy atom. The van der Waals surface area contributed by atoms with Crippen molar-refractivity contribution >= 4 is 0 Å². The first-order valence-electron chi connectivity index (χ1n) is 3.92. The molecule has 0 aliphatic heterocycles. The van der Waals surface area contributed by atoms with Gasteiger partial charge in [0.25, 0.3) is 0 Å². The first-order valence-corrected chi connectivity index (χ1v) is 3.92. The van der Waals surface area contributed by atoms with Crippen molar-refractivity contribution in [2.45, 2.75) is 38.6 Å². The molecule has 11 heavy (non-hydrogen) atoms. The highest BCUT2D eigenvalue weighted by Gasteiger charge is 2.51. The normalized spacial score (nSPS) is 37.4. The molecule has 0 amide bonds. The molecule has 1 saturated carbocycles. The van der Waals surface area contributed by atoms with Gasteiger partial charge in [-0.3, -0.25) is 0 Å². The highest BCUT2D eigenvalue weighted by molar-refractivity contribution is 5.00. The van der Waals surface area contributed by atoms with Crippen LogP contribution in [-0.4, -0.2) is 34.6 Å². The van der Waals surface area contributed by atoms with Crippen molar-refractivity contribution in [2.75, 3.05) is 6.61 Å². The van der Waals surface area contributed by atoms with Gasteiger partial charge in [-0.1, -0.05) is 0 Å². The van der Waals surface area contributed by atoms with E-state index >= 15 is 0 Å². The summed E-state index contributed by atoms with van der Waals surface area (Å²) in [5.41, 5.74) is -0.227. The third kappa shape index (κ3) is 2.15. The maximum atomic E-state index is 9.16. The first kappa shape index (κ1) is 8.97. The van der Waals surface area contributed by atoms with Gasteiger partial charge in [-0.05, 0) is 20.8 Å². The van der Waals surface area contributed by atoms with Crippen LogP contribution in [0, 0.1) is 5.92 Å². The van der Waals surface area contributed by atoms with Crippen molar-refractivity contribution in [3.05, 3.63) is 0 Å². The van der Waals surface area contributed by atoms with E-state index in [0.29, 0.717) is 0 Å². The largest absolute Gasteiger partial charge is 0.396 e. The van der Waals surface area contributed by atoms with Gasteiger partial charge in [0, 0.05) is 5.92 Å². The summed E-state index contributed by atoms with van der Waals surface area (Å²) in [4.78, 5) is 0. The van der Waals surface area contributed by atoms with E-state index in [9.17, 15) is 0 Å². The second-order valence-corrected chi connectivity index (χ2v) is 4.03. The smallest absolute Gasteiger partial charge is 0.0921 e. The molecule has 0 saturated heterocycles. The Morgan fingerprint density at radius 1 is 1.36 bits per heavy atom. The molecule has 0 heterocycles. The quantitative estimate of drug-likeness (QED) is 0.604. The predicted octanol–water partition coefficient (Wildman–Crippen LogP) is 0.153. The molecule has 0 aromatic rings. The van der Waals surface area contributed by atoms with Crippen LogP contribution < -0.4 is 0 Å². The second-order valence-electron chi connectivity index (χ2n) is 4.03. The molecule has 1 aliphatic rings. The predicted molar refractivity (Wildman–Crippen MR) is 41.2 cm³/mol. The van der Waals surface area contributed by atoms with Gasteiger partial charge < -0.3 is 14.9 Å². The molecule has 1 rings (SSSR count). The van der Waals surface area contributed by atoms with Crippen molar-refractivity contribution in [2.24, 2.45) is 5.92 Å². The van der Waals surface area contributed by atoms with E-state index in [-0.39, 0.29) is 24.2 Å². The summed E-state index contributed by atoms with van der Waals surface area (Å²) in [6, 6.07) is 0. The lowest BCUT2D eigenvalue weighted by Crippen LogP contribution is -2.22. The number of ether oxygens (including phenoxy) is 1. The summed E-state index contributed by atoms with van der Waals surface area (Å²) < 4.78 is 5.45.